The maximum absolute atomic E-state index is 12.6. The average molecular weight is 371 g/mol. The van der Waals surface area contributed by atoms with E-state index in [1.165, 1.54) is 0 Å². The molecular weight excluding hydrogens is 355 g/mol. The Labute approximate surface area is 130 Å². The molecule has 1 aromatic carbocycles. The van der Waals surface area contributed by atoms with Gasteiger partial charge in [-0.3, -0.25) is 0 Å². The molecule has 0 bridgehead atoms. The number of halogens is 5. The molecule has 0 heterocycles. The molecule has 0 spiro atoms. The quantitative estimate of drug-likeness (QED) is 0.760. The largest absolute Gasteiger partial charge is 0.391 e. The minimum atomic E-state index is -4.04. The highest BCUT2D eigenvalue weighted by Gasteiger charge is 2.41. The second kappa shape index (κ2) is 6.67. The van der Waals surface area contributed by atoms with Crippen LogP contribution in [-0.4, -0.2) is 12.2 Å². The molecule has 1 nitrogen and oxygen atoms in total. The molecule has 1 aliphatic carbocycles. The van der Waals surface area contributed by atoms with Gasteiger partial charge in [0.15, 0.2) is 0 Å². The normalized spacial score (nSPS) is 23.9. The van der Waals surface area contributed by atoms with Crippen molar-refractivity contribution in [2.75, 3.05) is 0 Å². The summed E-state index contributed by atoms with van der Waals surface area (Å²) in [6.07, 6.45) is -2.47. The molecule has 112 valence electrons. The Kier molecular flexibility index (Phi) is 5.37. The lowest BCUT2D eigenvalue weighted by Gasteiger charge is -2.30. The van der Waals surface area contributed by atoms with Crippen molar-refractivity contribution < 1.29 is 13.2 Å². The van der Waals surface area contributed by atoms with Gasteiger partial charge in [-0.2, -0.15) is 13.2 Å². The van der Waals surface area contributed by atoms with Crippen molar-refractivity contribution in [3.8, 4) is 0 Å². The van der Waals surface area contributed by atoms with Crippen LogP contribution in [0.25, 0.3) is 0 Å². The van der Waals surface area contributed by atoms with E-state index >= 15 is 0 Å². The van der Waals surface area contributed by atoms with Crippen LogP contribution in [0, 0.1) is 5.92 Å². The van der Waals surface area contributed by atoms with Crippen molar-refractivity contribution in [2.45, 2.75) is 44.4 Å². The fourth-order valence-electron chi connectivity index (χ4n) is 2.54. The summed E-state index contributed by atoms with van der Waals surface area (Å²) in [7, 11) is 0. The highest BCUT2D eigenvalue weighted by molar-refractivity contribution is 9.10. The van der Waals surface area contributed by atoms with E-state index in [4.69, 9.17) is 11.6 Å². The van der Waals surface area contributed by atoms with Gasteiger partial charge in [0.05, 0.1) is 5.92 Å². The van der Waals surface area contributed by atoms with Crippen LogP contribution in [0.4, 0.5) is 13.2 Å². The van der Waals surface area contributed by atoms with Crippen molar-refractivity contribution in [3.05, 3.63) is 33.3 Å². The van der Waals surface area contributed by atoms with Crippen LogP contribution in [0.2, 0.25) is 5.02 Å². The molecule has 0 aromatic heterocycles. The predicted octanol–water partition coefficient (Wildman–Crippen LogP) is 5.31. The van der Waals surface area contributed by atoms with E-state index in [1.54, 1.807) is 0 Å². The van der Waals surface area contributed by atoms with Gasteiger partial charge in [-0.25, -0.2) is 0 Å². The third kappa shape index (κ3) is 4.37. The van der Waals surface area contributed by atoms with Crippen LogP contribution >= 0.6 is 27.5 Å². The van der Waals surface area contributed by atoms with E-state index in [1.807, 2.05) is 18.2 Å². The Morgan fingerprint density at radius 3 is 2.40 bits per heavy atom. The molecule has 1 aromatic rings. The molecule has 6 heteroatoms. The van der Waals surface area contributed by atoms with E-state index in [9.17, 15) is 13.2 Å². The minimum absolute atomic E-state index is 0.147. The summed E-state index contributed by atoms with van der Waals surface area (Å²) in [6.45, 7) is 0.591. The summed E-state index contributed by atoms with van der Waals surface area (Å²) < 4.78 is 38.6. The SMILES string of the molecule is FC(F)(F)C1CCC(NCc2ccc(Br)cc2Cl)CC1. The van der Waals surface area contributed by atoms with Crippen molar-refractivity contribution in [1.29, 1.82) is 0 Å². The van der Waals surface area contributed by atoms with E-state index < -0.39 is 12.1 Å². The zero-order chi connectivity index (χ0) is 14.8. The Morgan fingerprint density at radius 2 is 1.85 bits per heavy atom. The summed E-state index contributed by atoms with van der Waals surface area (Å²) in [5.41, 5.74) is 0.966. The number of rotatable bonds is 3. The van der Waals surface area contributed by atoms with Crippen molar-refractivity contribution in [2.24, 2.45) is 5.92 Å². The zero-order valence-electron chi connectivity index (χ0n) is 10.8. The standard InChI is InChI=1S/C14H16BrClF3N/c15-11-4-1-9(13(16)7-11)8-20-12-5-2-10(3-6-12)14(17,18)19/h1,4,7,10,12,20H,2-3,5-6,8H2. The van der Waals surface area contributed by atoms with Gasteiger partial charge in [0.1, 0.15) is 0 Å². The van der Waals surface area contributed by atoms with Crippen molar-refractivity contribution in [1.82, 2.24) is 5.32 Å². The first-order valence-electron chi connectivity index (χ1n) is 6.60. The molecule has 1 N–H and O–H groups in total. The lowest BCUT2D eigenvalue weighted by molar-refractivity contribution is -0.182. The van der Waals surface area contributed by atoms with Crippen LogP contribution in [0.15, 0.2) is 22.7 Å². The highest BCUT2D eigenvalue weighted by Crippen LogP contribution is 2.37. The van der Waals surface area contributed by atoms with Crippen molar-refractivity contribution in [3.63, 3.8) is 0 Å². The fourth-order valence-corrected chi connectivity index (χ4v) is 3.28. The lowest BCUT2D eigenvalue weighted by atomic mass is 9.85. The van der Waals surface area contributed by atoms with E-state index in [0.717, 1.165) is 10.0 Å². The average Bonchev–Trinajstić information content (AvgIpc) is 2.37. The van der Waals surface area contributed by atoms with E-state index in [-0.39, 0.29) is 18.9 Å². The summed E-state index contributed by atoms with van der Waals surface area (Å²) in [6, 6.07) is 5.79. The predicted molar refractivity (Wildman–Crippen MR) is 77.8 cm³/mol. The zero-order valence-corrected chi connectivity index (χ0v) is 13.2. The molecular formula is C14H16BrClF3N. The topological polar surface area (TPSA) is 12.0 Å². The summed E-state index contributed by atoms with van der Waals surface area (Å²) in [5, 5.41) is 3.97. The second-order valence-corrected chi connectivity index (χ2v) is 6.53. The molecule has 0 aliphatic heterocycles. The molecule has 0 unspecified atom stereocenters. The first kappa shape index (κ1) is 16.1. The first-order valence-corrected chi connectivity index (χ1v) is 7.77. The van der Waals surface area contributed by atoms with Crippen LogP contribution in [-0.2, 0) is 6.54 Å². The van der Waals surface area contributed by atoms with Crippen molar-refractivity contribution >= 4 is 27.5 Å². The van der Waals surface area contributed by atoms with Gasteiger partial charge in [0.25, 0.3) is 0 Å². The summed E-state index contributed by atoms with van der Waals surface area (Å²) in [4.78, 5) is 0. The number of hydrogen-bond donors (Lipinski definition) is 1. The van der Waals surface area contributed by atoms with E-state index in [0.29, 0.717) is 24.4 Å². The number of alkyl halides is 3. The number of benzene rings is 1. The lowest BCUT2D eigenvalue weighted by Crippen LogP contribution is -2.36. The number of hydrogen-bond acceptors (Lipinski definition) is 1. The molecule has 0 amide bonds. The maximum Gasteiger partial charge on any atom is 0.391 e. The van der Waals surface area contributed by atoms with Crippen LogP contribution in [0.5, 0.6) is 0 Å². The monoisotopic (exact) mass is 369 g/mol. The van der Waals surface area contributed by atoms with Gasteiger partial charge >= 0.3 is 6.18 Å². The van der Waals surface area contributed by atoms with Gasteiger partial charge < -0.3 is 5.32 Å². The number of nitrogens with one attached hydrogen (secondary N) is 1. The second-order valence-electron chi connectivity index (χ2n) is 5.21. The molecule has 2 rings (SSSR count). The summed E-state index contributed by atoms with van der Waals surface area (Å²) >= 11 is 9.45. The van der Waals surface area contributed by atoms with Crippen LogP contribution in [0.3, 0.4) is 0 Å². The molecule has 1 aliphatic rings. The Balaban J connectivity index is 1.82. The van der Waals surface area contributed by atoms with Crippen LogP contribution in [0.1, 0.15) is 31.2 Å². The fraction of sp³-hybridized carbons (Fsp3) is 0.571. The van der Waals surface area contributed by atoms with Gasteiger partial charge in [0, 0.05) is 22.1 Å². The molecule has 0 saturated heterocycles. The van der Waals surface area contributed by atoms with E-state index in [2.05, 4.69) is 21.2 Å². The third-order valence-corrected chi connectivity index (χ3v) is 4.63. The van der Waals surface area contributed by atoms with Crippen LogP contribution < -0.4 is 5.32 Å². The Hall–Kier alpha value is -0.260. The minimum Gasteiger partial charge on any atom is -0.310 e. The van der Waals surface area contributed by atoms with Gasteiger partial charge in [0.2, 0.25) is 0 Å². The summed E-state index contributed by atoms with van der Waals surface area (Å²) in [5.74, 6) is -1.13. The Bertz CT molecular complexity index is 456. The highest BCUT2D eigenvalue weighted by atomic mass is 79.9. The maximum atomic E-state index is 12.6. The smallest absolute Gasteiger partial charge is 0.310 e. The van der Waals surface area contributed by atoms with Gasteiger partial charge in [-0.15, -0.1) is 0 Å². The van der Waals surface area contributed by atoms with Gasteiger partial charge in [-0.1, -0.05) is 33.6 Å². The molecule has 1 fully saturated rings. The third-order valence-electron chi connectivity index (χ3n) is 3.79. The van der Waals surface area contributed by atoms with Gasteiger partial charge in [-0.05, 0) is 43.4 Å². The Morgan fingerprint density at radius 1 is 1.20 bits per heavy atom. The molecule has 1 saturated carbocycles. The molecule has 0 atom stereocenters. The first-order chi connectivity index (χ1) is 9.36. The molecule has 20 heavy (non-hydrogen) atoms. The molecule has 0 radical (unpaired) electrons.